The third kappa shape index (κ3) is 2.98. The molecule has 2 unspecified atom stereocenters. The fourth-order valence-electron chi connectivity index (χ4n) is 2.51. The van der Waals surface area contributed by atoms with Crippen LogP contribution < -0.4 is 10.5 Å². The van der Waals surface area contributed by atoms with Crippen molar-refractivity contribution in [1.29, 1.82) is 0 Å². The molecule has 1 aromatic rings. The molecule has 1 aromatic carbocycles. The molecule has 1 fully saturated rings. The summed E-state index contributed by atoms with van der Waals surface area (Å²) in [5.74, 6) is 0.967. The van der Waals surface area contributed by atoms with Gasteiger partial charge in [0.2, 0.25) is 0 Å². The van der Waals surface area contributed by atoms with Crippen LogP contribution in [0, 0.1) is 23.0 Å². The first-order valence-corrected chi connectivity index (χ1v) is 6.72. The number of nitro groups is 1. The summed E-state index contributed by atoms with van der Waals surface area (Å²) in [6.07, 6.45) is 3.23. The van der Waals surface area contributed by atoms with Crippen molar-refractivity contribution in [1.82, 2.24) is 0 Å². The average Bonchev–Trinajstić information content (AvgIpc) is 2.80. The number of rotatable bonds is 4. The zero-order chi connectivity index (χ0) is 14.0. The number of halogens is 1. The van der Waals surface area contributed by atoms with Gasteiger partial charge in [-0.1, -0.05) is 11.6 Å². The van der Waals surface area contributed by atoms with E-state index >= 15 is 0 Å². The Morgan fingerprint density at radius 1 is 1.53 bits per heavy atom. The zero-order valence-electron chi connectivity index (χ0n) is 10.8. The topological polar surface area (TPSA) is 78.4 Å². The highest BCUT2D eigenvalue weighted by molar-refractivity contribution is 6.32. The normalized spacial score (nSPS) is 22.5. The maximum Gasteiger partial charge on any atom is 0.288 e. The van der Waals surface area contributed by atoms with Gasteiger partial charge in [-0.2, -0.15) is 0 Å². The van der Waals surface area contributed by atoms with Crippen LogP contribution in [0.5, 0.6) is 5.75 Å². The summed E-state index contributed by atoms with van der Waals surface area (Å²) < 4.78 is 5.94. The van der Waals surface area contributed by atoms with Gasteiger partial charge in [0.05, 0.1) is 4.92 Å². The largest absolute Gasteiger partial charge is 0.490 e. The summed E-state index contributed by atoms with van der Waals surface area (Å²) in [6, 6.07) is 2.98. The number of aryl methyl sites for hydroxylation is 1. The Hall–Kier alpha value is -1.33. The Morgan fingerprint density at radius 2 is 2.26 bits per heavy atom. The molecule has 1 aliphatic rings. The standard InChI is InChI=1S/C13H17ClN2O3/c1-8-5-11(16(17)18)10(14)6-13(8)19-12-4-2-3-9(12)7-15/h5-6,9,12H,2-4,7,15H2,1H3. The Labute approximate surface area is 116 Å². The molecule has 0 aliphatic heterocycles. The molecule has 0 amide bonds. The minimum absolute atomic E-state index is 0.0845. The van der Waals surface area contributed by atoms with Crippen LogP contribution in [0.1, 0.15) is 24.8 Å². The van der Waals surface area contributed by atoms with Gasteiger partial charge in [-0.25, -0.2) is 0 Å². The number of hydrogen-bond donors (Lipinski definition) is 1. The van der Waals surface area contributed by atoms with Crippen molar-refractivity contribution < 1.29 is 9.66 Å². The summed E-state index contributed by atoms with van der Waals surface area (Å²) in [5, 5.41) is 10.9. The molecule has 5 nitrogen and oxygen atoms in total. The third-order valence-electron chi connectivity index (χ3n) is 3.61. The van der Waals surface area contributed by atoms with E-state index in [1.54, 1.807) is 6.92 Å². The fraction of sp³-hybridized carbons (Fsp3) is 0.538. The summed E-state index contributed by atoms with van der Waals surface area (Å²) in [5.41, 5.74) is 6.35. The van der Waals surface area contributed by atoms with E-state index in [0.717, 1.165) is 24.8 Å². The summed E-state index contributed by atoms with van der Waals surface area (Å²) >= 11 is 5.91. The Balaban J connectivity index is 2.21. The lowest BCUT2D eigenvalue weighted by atomic mass is 10.1. The monoisotopic (exact) mass is 284 g/mol. The highest BCUT2D eigenvalue weighted by Gasteiger charge is 2.28. The van der Waals surface area contributed by atoms with Crippen molar-refractivity contribution in [3.63, 3.8) is 0 Å². The molecular formula is C13H17ClN2O3. The molecule has 19 heavy (non-hydrogen) atoms. The van der Waals surface area contributed by atoms with E-state index in [1.807, 2.05) is 0 Å². The number of ether oxygens (including phenoxy) is 1. The van der Waals surface area contributed by atoms with Crippen LogP contribution in [0.4, 0.5) is 5.69 Å². The highest BCUT2D eigenvalue weighted by Crippen LogP contribution is 2.35. The molecule has 2 atom stereocenters. The lowest BCUT2D eigenvalue weighted by Crippen LogP contribution is -2.27. The van der Waals surface area contributed by atoms with E-state index < -0.39 is 4.92 Å². The van der Waals surface area contributed by atoms with Gasteiger partial charge >= 0.3 is 0 Å². The van der Waals surface area contributed by atoms with Crippen LogP contribution in [0.2, 0.25) is 5.02 Å². The average molecular weight is 285 g/mol. The lowest BCUT2D eigenvalue weighted by molar-refractivity contribution is -0.384. The van der Waals surface area contributed by atoms with Crippen molar-refractivity contribution in [3.8, 4) is 5.75 Å². The van der Waals surface area contributed by atoms with E-state index in [2.05, 4.69) is 0 Å². The molecule has 0 bridgehead atoms. The number of nitrogens with two attached hydrogens (primary N) is 1. The molecule has 0 radical (unpaired) electrons. The lowest BCUT2D eigenvalue weighted by Gasteiger charge is -2.21. The molecule has 2 N–H and O–H groups in total. The van der Waals surface area contributed by atoms with Gasteiger partial charge in [0.15, 0.2) is 0 Å². The summed E-state index contributed by atoms with van der Waals surface area (Å²) in [6.45, 7) is 2.38. The minimum atomic E-state index is -0.489. The van der Waals surface area contributed by atoms with Crippen molar-refractivity contribution in [3.05, 3.63) is 32.8 Å². The smallest absolute Gasteiger partial charge is 0.288 e. The van der Waals surface area contributed by atoms with Gasteiger partial charge in [-0.3, -0.25) is 10.1 Å². The molecule has 6 heteroatoms. The highest BCUT2D eigenvalue weighted by atomic mass is 35.5. The van der Waals surface area contributed by atoms with Gasteiger partial charge < -0.3 is 10.5 Å². The number of nitro benzene ring substituents is 1. The van der Waals surface area contributed by atoms with E-state index in [0.29, 0.717) is 18.2 Å². The van der Waals surface area contributed by atoms with Crippen LogP contribution in [0.25, 0.3) is 0 Å². The second-order valence-electron chi connectivity index (χ2n) is 4.91. The van der Waals surface area contributed by atoms with E-state index in [1.165, 1.54) is 12.1 Å². The van der Waals surface area contributed by atoms with Crippen LogP contribution in [-0.4, -0.2) is 17.6 Å². The van der Waals surface area contributed by atoms with Crippen LogP contribution >= 0.6 is 11.6 Å². The number of benzene rings is 1. The van der Waals surface area contributed by atoms with Crippen LogP contribution in [0.15, 0.2) is 12.1 Å². The quantitative estimate of drug-likeness (QED) is 0.681. The molecular weight excluding hydrogens is 268 g/mol. The fourth-order valence-corrected chi connectivity index (χ4v) is 2.73. The molecule has 0 heterocycles. The van der Waals surface area contributed by atoms with Crippen molar-refractivity contribution in [2.24, 2.45) is 11.7 Å². The molecule has 2 rings (SSSR count). The van der Waals surface area contributed by atoms with Gasteiger partial charge in [-0.05, 0) is 38.3 Å². The number of hydrogen-bond acceptors (Lipinski definition) is 4. The van der Waals surface area contributed by atoms with Crippen LogP contribution in [0.3, 0.4) is 0 Å². The van der Waals surface area contributed by atoms with Gasteiger partial charge in [-0.15, -0.1) is 0 Å². The molecule has 1 aliphatic carbocycles. The first-order chi connectivity index (χ1) is 9.02. The third-order valence-corrected chi connectivity index (χ3v) is 3.91. The van der Waals surface area contributed by atoms with Crippen molar-refractivity contribution in [2.45, 2.75) is 32.3 Å². The van der Waals surface area contributed by atoms with Gasteiger partial charge in [0.25, 0.3) is 5.69 Å². The molecule has 0 spiro atoms. The first-order valence-electron chi connectivity index (χ1n) is 6.34. The first kappa shape index (κ1) is 14.1. The zero-order valence-corrected chi connectivity index (χ0v) is 11.5. The van der Waals surface area contributed by atoms with Crippen molar-refractivity contribution >= 4 is 17.3 Å². The minimum Gasteiger partial charge on any atom is -0.490 e. The summed E-state index contributed by atoms with van der Waals surface area (Å²) in [4.78, 5) is 10.3. The van der Waals surface area contributed by atoms with Gasteiger partial charge in [0.1, 0.15) is 16.9 Å². The van der Waals surface area contributed by atoms with Gasteiger partial charge in [0, 0.05) is 18.1 Å². The predicted octanol–water partition coefficient (Wildman–Crippen LogP) is 3.06. The SMILES string of the molecule is Cc1cc([N+](=O)[O-])c(Cl)cc1OC1CCCC1CN. The Morgan fingerprint density at radius 3 is 2.89 bits per heavy atom. The Kier molecular flexibility index (Phi) is 4.27. The van der Waals surface area contributed by atoms with E-state index in [9.17, 15) is 10.1 Å². The second kappa shape index (κ2) is 5.75. The van der Waals surface area contributed by atoms with Crippen molar-refractivity contribution in [2.75, 3.05) is 6.54 Å². The maximum atomic E-state index is 10.8. The molecule has 0 saturated heterocycles. The van der Waals surface area contributed by atoms with E-state index in [-0.39, 0.29) is 16.8 Å². The molecule has 0 aromatic heterocycles. The predicted molar refractivity (Wildman–Crippen MR) is 73.7 cm³/mol. The van der Waals surface area contributed by atoms with E-state index in [4.69, 9.17) is 22.1 Å². The number of nitrogens with zero attached hydrogens (tertiary/aromatic N) is 1. The Bertz CT molecular complexity index is 493. The maximum absolute atomic E-state index is 10.8. The molecule has 104 valence electrons. The summed E-state index contributed by atoms with van der Waals surface area (Å²) in [7, 11) is 0. The second-order valence-corrected chi connectivity index (χ2v) is 5.32. The van der Waals surface area contributed by atoms with Crippen LogP contribution in [-0.2, 0) is 0 Å². The molecule has 1 saturated carbocycles.